The van der Waals surface area contributed by atoms with E-state index in [9.17, 15) is 4.79 Å². The summed E-state index contributed by atoms with van der Waals surface area (Å²) in [6, 6.07) is 31.3. The van der Waals surface area contributed by atoms with E-state index in [1.165, 1.54) is 11.1 Å². The largest absolute Gasteiger partial charge is 0.335 e. The lowest BCUT2D eigenvalue weighted by Gasteiger charge is -2.39. The maximum absolute atomic E-state index is 13.3. The predicted molar refractivity (Wildman–Crippen MR) is 126 cm³/mol. The Morgan fingerprint density at radius 3 is 1.81 bits per heavy atom. The molecule has 4 aromatic rings. The molecule has 0 atom stereocenters. The molecule has 1 saturated heterocycles. The maximum Gasteiger partial charge on any atom is 0.272 e. The topological polar surface area (TPSA) is 41.4 Å². The van der Waals surface area contributed by atoms with E-state index in [2.05, 4.69) is 70.5 Å². The van der Waals surface area contributed by atoms with Crippen molar-refractivity contribution in [2.75, 3.05) is 26.2 Å². The number of carbonyl (C=O) groups is 1. The zero-order valence-electron chi connectivity index (χ0n) is 17.9. The van der Waals surface area contributed by atoms with E-state index in [0.717, 1.165) is 18.8 Å². The van der Waals surface area contributed by atoms with Crippen LogP contribution >= 0.6 is 0 Å². The van der Waals surface area contributed by atoms with Crippen LogP contribution in [0.5, 0.6) is 0 Å². The van der Waals surface area contributed by atoms with Crippen molar-refractivity contribution in [2.45, 2.75) is 6.04 Å². The first-order valence-corrected chi connectivity index (χ1v) is 11.0. The van der Waals surface area contributed by atoms with Gasteiger partial charge in [-0.15, -0.1) is 0 Å². The molecule has 3 aromatic carbocycles. The number of rotatable bonds is 5. The van der Waals surface area contributed by atoms with Gasteiger partial charge in [-0.25, -0.2) is 4.98 Å². The van der Waals surface area contributed by atoms with Crippen molar-refractivity contribution in [3.63, 3.8) is 0 Å². The molecule has 1 aromatic heterocycles. The first kappa shape index (κ1) is 20.2. The average Bonchev–Trinajstić information content (AvgIpc) is 3.36. The molecule has 0 radical (unpaired) electrons. The second-order valence-corrected chi connectivity index (χ2v) is 8.04. The van der Waals surface area contributed by atoms with Gasteiger partial charge in [0.15, 0.2) is 0 Å². The summed E-state index contributed by atoms with van der Waals surface area (Å²) in [5.74, 6) is 0.0296. The van der Waals surface area contributed by atoms with E-state index < -0.39 is 0 Å². The molecule has 1 fully saturated rings. The van der Waals surface area contributed by atoms with E-state index in [4.69, 9.17) is 0 Å². The fourth-order valence-electron chi connectivity index (χ4n) is 4.48. The molecule has 0 N–H and O–H groups in total. The summed E-state index contributed by atoms with van der Waals surface area (Å²) in [5.41, 5.74) is 4.11. The Labute approximate surface area is 188 Å². The zero-order valence-corrected chi connectivity index (χ0v) is 17.9. The van der Waals surface area contributed by atoms with Crippen LogP contribution in [-0.2, 0) is 0 Å². The molecule has 5 rings (SSSR count). The zero-order chi connectivity index (χ0) is 21.8. The van der Waals surface area contributed by atoms with Gasteiger partial charge in [0.05, 0.1) is 18.6 Å². The fourth-order valence-corrected chi connectivity index (χ4v) is 4.48. The van der Waals surface area contributed by atoms with Gasteiger partial charge in [0.1, 0.15) is 5.69 Å². The van der Waals surface area contributed by atoms with Crippen molar-refractivity contribution in [2.24, 2.45) is 0 Å². The van der Waals surface area contributed by atoms with Gasteiger partial charge in [0.25, 0.3) is 5.91 Å². The highest BCUT2D eigenvalue weighted by Crippen LogP contribution is 2.29. The van der Waals surface area contributed by atoms with Crippen molar-refractivity contribution < 1.29 is 4.79 Å². The van der Waals surface area contributed by atoms with Gasteiger partial charge in [-0.05, 0) is 23.3 Å². The molecule has 5 nitrogen and oxygen atoms in total. The summed E-state index contributed by atoms with van der Waals surface area (Å²) in [6.45, 7) is 3.02. The molecule has 1 aliphatic rings. The number of benzene rings is 3. The molecule has 1 amide bonds. The third kappa shape index (κ3) is 4.07. The van der Waals surface area contributed by atoms with E-state index >= 15 is 0 Å². The molecule has 0 aliphatic carbocycles. The quantitative estimate of drug-likeness (QED) is 0.478. The highest BCUT2D eigenvalue weighted by molar-refractivity contribution is 5.93. The van der Waals surface area contributed by atoms with Gasteiger partial charge in [-0.3, -0.25) is 14.3 Å². The van der Waals surface area contributed by atoms with Gasteiger partial charge in [-0.2, -0.15) is 0 Å². The normalized spacial score (nSPS) is 14.6. The van der Waals surface area contributed by atoms with Crippen LogP contribution in [0.15, 0.2) is 104 Å². The van der Waals surface area contributed by atoms with Crippen molar-refractivity contribution in [1.82, 2.24) is 19.4 Å². The summed E-state index contributed by atoms with van der Waals surface area (Å²) in [4.78, 5) is 22.0. The number of imidazole rings is 1. The molecule has 0 unspecified atom stereocenters. The number of amides is 1. The van der Waals surface area contributed by atoms with Crippen LogP contribution < -0.4 is 0 Å². The lowest BCUT2D eigenvalue weighted by molar-refractivity contribution is 0.0590. The van der Waals surface area contributed by atoms with E-state index in [1.807, 2.05) is 39.8 Å². The van der Waals surface area contributed by atoms with Crippen molar-refractivity contribution in [3.8, 4) is 5.69 Å². The van der Waals surface area contributed by atoms with Gasteiger partial charge in [0.2, 0.25) is 0 Å². The van der Waals surface area contributed by atoms with Crippen LogP contribution in [0.25, 0.3) is 5.69 Å². The lowest BCUT2D eigenvalue weighted by atomic mass is 9.96. The lowest BCUT2D eigenvalue weighted by Crippen LogP contribution is -2.50. The third-order valence-electron chi connectivity index (χ3n) is 6.09. The van der Waals surface area contributed by atoms with Crippen LogP contribution in [-0.4, -0.2) is 51.4 Å². The van der Waals surface area contributed by atoms with Crippen molar-refractivity contribution in [3.05, 3.63) is 120 Å². The number of piperazine rings is 1. The van der Waals surface area contributed by atoms with Gasteiger partial charge in [-0.1, -0.05) is 78.9 Å². The Bertz CT molecular complexity index is 1110. The summed E-state index contributed by atoms with van der Waals surface area (Å²) in [5, 5.41) is 0. The van der Waals surface area contributed by atoms with Gasteiger partial charge < -0.3 is 4.90 Å². The minimum Gasteiger partial charge on any atom is -0.335 e. The SMILES string of the molecule is O=C(c1cncn1-c1ccccc1)N1CCN(C(c2ccccc2)c2ccccc2)CC1. The van der Waals surface area contributed by atoms with Gasteiger partial charge >= 0.3 is 0 Å². The minimum absolute atomic E-state index is 0.0296. The molecular weight excluding hydrogens is 396 g/mol. The van der Waals surface area contributed by atoms with Crippen LogP contribution in [0.2, 0.25) is 0 Å². The molecule has 2 heterocycles. The smallest absolute Gasteiger partial charge is 0.272 e. The number of para-hydroxylation sites is 1. The first-order chi connectivity index (χ1) is 15.8. The minimum atomic E-state index is 0.0296. The third-order valence-corrected chi connectivity index (χ3v) is 6.09. The summed E-state index contributed by atoms with van der Waals surface area (Å²) >= 11 is 0. The summed E-state index contributed by atoms with van der Waals surface area (Å²) in [6.07, 6.45) is 3.37. The molecule has 160 valence electrons. The number of carbonyl (C=O) groups excluding carboxylic acids is 1. The second-order valence-electron chi connectivity index (χ2n) is 8.04. The molecule has 0 spiro atoms. The first-order valence-electron chi connectivity index (χ1n) is 11.0. The Morgan fingerprint density at radius 1 is 0.719 bits per heavy atom. The molecule has 0 bridgehead atoms. The van der Waals surface area contributed by atoms with E-state index in [0.29, 0.717) is 18.8 Å². The van der Waals surface area contributed by atoms with Crippen LogP contribution in [0, 0.1) is 0 Å². The monoisotopic (exact) mass is 422 g/mol. The highest BCUT2D eigenvalue weighted by atomic mass is 16.2. The fraction of sp³-hybridized carbons (Fsp3) is 0.185. The summed E-state index contributed by atoms with van der Waals surface area (Å²) < 4.78 is 1.87. The Kier molecular flexibility index (Phi) is 5.81. The number of nitrogens with zero attached hydrogens (tertiary/aromatic N) is 4. The predicted octanol–water partition coefficient (Wildman–Crippen LogP) is 4.42. The maximum atomic E-state index is 13.3. The Balaban J connectivity index is 1.34. The second kappa shape index (κ2) is 9.20. The van der Waals surface area contributed by atoms with Crippen LogP contribution in [0.4, 0.5) is 0 Å². The van der Waals surface area contributed by atoms with Gasteiger partial charge in [0, 0.05) is 31.9 Å². The number of aromatic nitrogens is 2. The molecule has 5 heteroatoms. The van der Waals surface area contributed by atoms with Crippen molar-refractivity contribution >= 4 is 5.91 Å². The Morgan fingerprint density at radius 2 is 1.25 bits per heavy atom. The van der Waals surface area contributed by atoms with Crippen molar-refractivity contribution in [1.29, 1.82) is 0 Å². The molecule has 1 aliphatic heterocycles. The average molecular weight is 423 g/mol. The molecule has 0 saturated carbocycles. The number of hydrogen-bond donors (Lipinski definition) is 0. The van der Waals surface area contributed by atoms with Crippen LogP contribution in [0.3, 0.4) is 0 Å². The Hall–Kier alpha value is -3.70. The molecular formula is C27H26N4O. The highest BCUT2D eigenvalue weighted by Gasteiger charge is 2.29. The van der Waals surface area contributed by atoms with E-state index in [-0.39, 0.29) is 11.9 Å². The van der Waals surface area contributed by atoms with Crippen LogP contribution in [0.1, 0.15) is 27.7 Å². The standard InChI is InChI=1S/C27H26N4O/c32-27(25-20-28-21-31(25)24-14-8-3-9-15-24)30-18-16-29(17-19-30)26(22-10-4-1-5-11-22)23-12-6-2-7-13-23/h1-15,20-21,26H,16-19H2. The summed E-state index contributed by atoms with van der Waals surface area (Å²) in [7, 11) is 0. The van der Waals surface area contributed by atoms with E-state index in [1.54, 1.807) is 12.5 Å². The number of hydrogen-bond acceptors (Lipinski definition) is 3. The molecule has 32 heavy (non-hydrogen) atoms.